The van der Waals surface area contributed by atoms with Crippen LogP contribution in [0.4, 0.5) is 5.69 Å². The molecule has 180 valence electrons. The van der Waals surface area contributed by atoms with Crippen LogP contribution in [0.1, 0.15) is 37.8 Å². The van der Waals surface area contributed by atoms with Crippen LogP contribution in [0.25, 0.3) is 6.08 Å². The zero-order valence-corrected chi connectivity index (χ0v) is 20.2. The maximum atomic E-state index is 12.8. The summed E-state index contributed by atoms with van der Waals surface area (Å²) >= 11 is 1.36. The minimum absolute atomic E-state index is 0.0334. The summed E-state index contributed by atoms with van der Waals surface area (Å²) in [6.07, 6.45) is 2.83. The number of carbonyl (C=O) groups is 2. The highest BCUT2D eigenvalue weighted by Gasteiger charge is 2.33. The maximum absolute atomic E-state index is 12.8. The number of amides is 1. The number of morpholine rings is 1. The number of rotatable bonds is 8. The molecular formula is C25H28N2O6S. The average molecular weight is 485 g/mol. The van der Waals surface area contributed by atoms with Crippen molar-refractivity contribution in [1.82, 2.24) is 4.90 Å². The Balaban J connectivity index is 1.80. The van der Waals surface area contributed by atoms with Crippen molar-refractivity contribution >= 4 is 35.4 Å². The van der Waals surface area contributed by atoms with Gasteiger partial charge in [0.25, 0.3) is 5.69 Å². The van der Waals surface area contributed by atoms with Crippen molar-refractivity contribution < 1.29 is 24.0 Å². The minimum atomic E-state index is -0.806. The standard InChI is InChI=1S/C25H28N2O6S/c1-4-33-25(29)21-16-32-14-13-26(21)24(28)12-10-18-9-11-23(20(15-18)27(30)31)34-22-8-6-5-7-19(22)17(2)3/h5-12,15,17,21H,4,13-14,16H2,1-3H3/b12-10+. The third-order valence-corrected chi connectivity index (χ3v) is 6.49. The Kier molecular flexibility index (Phi) is 8.84. The predicted octanol–water partition coefficient (Wildman–Crippen LogP) is 4.67. The number of nitro benzene ring substituents is 1. The van der Waals surface area contributed by atoms with Crippen LogP contribution in [0.3, 0.4) is 0 Å². The van der Waals surface area contributed by atoms with E-state index in [-0.39, 0.29) is 37.3 Å². The Morgan fingerprint density at radius 1 is 1.26 bits per heavy atom. The van der Waals surface area contributed by atoms with E-state index in [1.165, 1.54) is 34.9 Å². The molecule has 0 radical (unpaired) electrons. The van der Waals surface area contributed by atoms with Crippen LogP contribution in [0, 0.1) is 10.1 Å². The minimum Gasteiger partial charge on any atom is -0.464 e. The number of benzene rings is 2. The molecule has 3 rings (SSSR count). The van der Waals surface area contributed by atoms with E-state index in [1.807, 2.05) is 24.3 Å². The van der Waals surface area contributed by atoms with Gasteiger partial charge in [0.2, 0.25) is 5.91 Å². The van der Waals surface area contributed by atoms with Gasteiger partial charge in [-0.15, -0.1) is 0 Å². The smallest absolute Gasteiger partial charge is 0.331 e. The molecule has 1 amide bonds. The second-order valence-electron chi connectivity index (χ2n) is 7.99. The quantitative estimate of drug-likeness (QED) is 0.232. The molecule has 9 heteroatoms. The summed E-state index contributed by atoms with van der Waals surface area (Å²) < 4.78 is 10.4. The molecule has 0 aliphatic carbocycles. The monoisotopic (exact) mass is 484 g/mol. The molecule has 1 unspecified atom stereocenters. The molecule has 1 fully saturated rings. The van der Waals surface area contributed by atoms with Crippen molar-refractivity contribution in [3.63, 3.8) is 0 Å². The summed E-state index contributed by atoms with van der Waals surface area (Å²) in [5.74, 6) is -0.606. The summed E-state index contributed by atoms with van der Waals surface area (Å²) in [6, 6.07) is 11.9. The number of carbonyl (C=O) groups excluding carboxylic acids is 2. The molecule has 2 aromatic rings. The molecular weight excluding hydrogens is 456 g/mol. The molecule has 34 heavy (non-hydrogen) atoms. The average Bonchev–Trinajstić information content (AvgIpc) is 2.83. The van der Waals surface area contributed by atoms with E-state index >= 15 is 0 Å². The third kappa shape index (κ3) is 6.24. The third-order valence-electron chi connectivity index (χ3n) is 5.33. The molecule has 1 aliphatic heterocycles. The molecule has 0 saturated carbocycles. The SMILES string of the molecule is CCOC(=O)C1COCCN1C(=O)/C=C/c1ccc(Sc2ccccc2C(C)C)c([N+](=O)[O-])c1. The summed E-state index contributed by atoms with van der Waals surface area (Å²) in [7, 11) is 0. The van der Waals surface area contributed by atoms with Gasteiger partial charge in [-0.25, -0.2) is 4.79 Å². The van der Waals surface area contributed by atoms with Gasteiger partial charge in [0.05, 0.1) is 29.6 Å². The lowest BCUT2D eigenvalue weighted by Gasteiger charge is -2.33. The van der Waals surface area contributed by atoms with E-state index < -0.39 is 16.9 Å². The molecule has 0 aromatic heterocycles. The van der Waals surface area contributed by atoms with Crippen LogP contribution in [-0.4, -0.2) is 54.1 Å². The fourth-order valence-electron chi connectivity index (χ4n) is 3.60. The first kappa shape index (κ1) is 25.5. The number of ether oxygens (including phenoxy) is 2. The Morgan fingerprint density at radius 2 is 2.03 bits per heavy atom. The van der Waals surface area contributed by atoms with E-state index in [2.05, 4.69) is 13.8 Å². The topological polar surface area (TPSA) is 99.0 Å². The van der Waals surface area contributed by atoms with Gasteiger partial charge >= 0.3 is 5.97 Å². The second kappa shape index (κ2) is 11.8. The fourth-order valence-corrected chi connectivity index (χ4v) is 4.78. The number of nitrogens with zero attached hydrogens (tertiary/aromatic N) is 2. The summed E-state index contributed by atoms with van der Waals surface area (Å²) in [6.45, 7) is 6.74. The first-order chi connectivity index (χ1) is 16.3. The van der Waals surface area contributed by atoms with Crippen molar-refractivity contribution in [1.29, 1.82) is 0 Å². The highest BCUT2D eigenvalue weighted by molar-refractivity contribution is 7.99. The van der Waals surface area contributed by atoms with Crippen molar-refractivity contribution in [2.75, 3.05) is 26.4 Å². The van der Waals surface area contributed by atoms with E-state index in [0.29, 0.717) is 17.1 Å². The van der Waals surface area contributed by atoms with Crippen LogP contribution in [0.15, 0.2) is 58.3 Å². The zero-order valence-electron chi connectivity index (χ0n) is 19.4. The van der Waals surface area contributed by atoms with E-state index in [0.717, 1.165) is 10.5 Å². The first-order valence-electron chi connectivity index (χ1n) is 11.1. The predicted molar refractivity (Wildman–Crippen MR) is 130 cm³/mol. The largest absolute Gasteiger partial charge is 0.464 e. The van der Waals surface area contributed by atoms with Crippen molar-refractivity contribution in [3.05, 3.63) is 69.8 Å². The van der Waals surface area contributed by atoms with Crippen molar-refractivity contribution in [3.8, 4) is 0 Å². The van der Waals surface area contributed by atoms with Gasteiger partial charge in [-0.1, -0.05) is 49.9 Å². The van der Waals surface area contributed by atoms with Crippen LogP contribution in [0.5, 0.6) is 0 Å². The van der Waals surface area contributed by atoms with Gasteiger partial charge < -0.3 is 14.4 Å². The first-order valence-corrected chi connectivity index (χ1v) is 11.9. The molecule has 0 spiro atoms. The maximum Gasteiger partial charge on any atom is 0.331 e. The highest BCUT2D eigenvalue weighted by Crippen LogP contribution is 2.39. The normalized spacial score (nSPS) is 16.1. The lowest BCUT2D eigenvalue weighted by molar-refractivity contribution is -0.387. The lowest BCUT2D eigenvalue weighted by Crippen LogP contribution is -2.52. The Labute approximate surface area is 203 Å². The molecule has 1 heterocycles. The van der Waals surface area contributed by atoms with Crippen LogP contribution >= 0.6 is 11.8 Å². The molecule has 0 bridgehead atoms. The summed E-state index contributed by atoms with van der Waals surface area (Å²) in [5, 5.41) is 11.8. The molecule has 1 aliphatic rings. The summed E-state index contributed by atoms with van der Waals surface area (Å²) in [4.78, 5) is 39.2. The van der Waals surface area contributed by atoms with Crippen LogP contribution in [-0.2, 0) is 19.1 Å². The van der Waals surface area contributed by atoms with Crippen LogP contribution < -0.4 is 0 Å². The van der Waals surface area contributed by atoms with Gasteiger partial charge in [0, 0.05) is 23.6 Å². The van der Waals surface area contributed by atoms with Gasteiger partial charge in [0.15, 0.2) is 6.04 Å². The van der Waals surface area contributed by atoms with Crippen LogP contribution in [0.2, 0.25) is 0 Å². The zero-order chi connectivity index (χ0) is 24.7. The van der Waals surface area contributed by atoms with E-state index in [9.17, 15) is 19.7 Å². The Hall–Kier alpha value is -3.17. The lowest BCUT2D eigenvalue weighted by atomic mass is 10.0. The molecule has 1 atom stereocenters. The van der Waals surface area contributed by atoms with Gasteiger partial charge in [-0.05, 0) is 42.2 Å². The highest BCUT2D eigenvalue weighted by atomic mass is 32.2. The van der Waals surface area contributed by atoms with Crippen molar-refractivity contribution in [2.45, 2.75) is 42.5 Å². The molecule has 0 N–H and O–H groups in total. The Morgan fingerprint density at radius 3 is 2.74 bits per heavy atom. The number of hydrogen-bond acceptors (Lipinski definition) is 7. The fraction of sp³-hybridized carbons (Fsp3) is 0.360. The molecule has 8 nitrogen and oxygen atoms in total. The summed E-state index contributed by atoms with van der Waals surface area (Å²) in [5.41, 5.74) is 1.61. The van der Waals surface area contributed by atoms with Gasteiger partial charge in [-0.2, -0.15) is 0 Å². The number of hydrogen-bond donors (Lipinski definition) is 0. The Bertz CT molecular complexity index is 1080. The molecule has 2 aromatic carbocycles. The van der Waals surface area contributed by atoms with E-state index in [1.54, 1.807) is 19.1 Å². The second-order valence-corrected chi connectivity index (χ2v) is 9.07. The van der Waals surface area contributed by atoms with Gasteiger partial charge in [0.1, 0.15) is 0 Å². The number of nitro groups is 1. The van der Waals surface area contributed by atoms with E-state index in [4.69, 9.17) is 9.47 Å². The number of esters is 1. The molecule has 1 saturated heterocycles. The van der Waals surface area contributed by atoms with Gasteiger partial charge in [-0.3, -0.25) is 14.9 Å². The van der Waals surface area contributed by atoms with Crippen molar-refractivity contribution in [2.24, 2.45) is 0 Å².